The number of amides is 2. The minimum Gasteiger partial charge on any atom is -0.453 e. The summed E-state index contributed by atoms with van der Waals surface area (Å²) in [5.41, 5.74) is 0.416. The highest BCUT2D eigenvalue weighted by Gasteiger charge is 2.34. The molecule has 1 aromatic rings. The minimum absolute atomic E-state index is 0.103. The number of halogens is 2. The van der Waals surface area contributed by atoms with E-state index in [1.807, 2.05) is 36.4 Å². The van der Waals surface area contributed by atoms with Gasteiger partial charge in [-0.3, -0.25) is 9.69 Å². The van der Waals surface area contributed by atoms with Crippen LogP contribution in [-0.2, 0) is 14.3 Å². The summed E-state index contributed by atoms with van der Waals surface area (Å²) >= 11 is 1.87. The quantitative estimate of drug-likeness (QED) is 0.590. The molecule has 1 aliphatic heterocycles. The lowest BCUT2D eigenvalue weighted by Crippen LogP contribution is -2.44. The van der Waals surface area contributed by atoms with Crippen LogP contribution in [0.1, 0.15) is 26.7 Å². The monoisotopic (exact) mass is 492 g/mol. The third-order valence-electron chi connectivity index (χ3n) is 4.27. The number of anilines is 1. The number of ketones is 1. The minimum atomic E-state index is -0.670. The maximum Gasteiger partial charge on any atom is 0.414 e. The van der Waals surface area contributed by atoms with Gasteiger partial charge in [0, 0.05) is 9.99 Å². The van der Waals surface area contributed by atoms with Gasteiger partial charge in [0.05, 0.1) is 25.4 Å². The lowest BCUT2D eigenvalue weighted by molar-refractivity contribution is -0.122. The van der Waals surface area contributed by atoms with Crippen molar-refractivity contribution in [1.29, 1.82) is 0 Å². The number of carbonyl (C=O) groups is 3. The lowest BCUT2D eigenvalue weighted by Gasteiger charge is -2.20. The van der Waals surface area contributed by atoms with Crippen LogP contribution in [0.15, 0.2) is 18.2 Å². The number of nitrogens with zero attached hydrogens (tertiary/aromatic N) is 1. The summed E-state index contributed by atoms with van der Waals surface area (Å²) in [6, 6.07) is 3.84. The number of Topliss-reactive ketones (excluding diaryl/α,β-unsaturated/α-hetero) is 1. The standard InChI is InChI=1S/C18H22FIN2O5/c1-10(2)16(21-17(24)26-3)15(23)7-5-12-9-22(18(25)27-12)11-4-6-14(20)13(19)8-11/h4,6,8,10,12,16H,5,7,9H2,1-3H3,(H,21,24)/t12-,16-/m0/s1. The third-order valence-corrected chi connectivity index (χ3v) is 5.15. The van der Waals surface area contributed by atoms with Crippen LogP contribution >= 0.6 is 22.6 Å². The van der Waals surface area contributed by atoms with Crippen molar-refractivity contribution in [3.63, 3.8) is 0 Å². The van der Waals surface area contributed by atoms with Crippen LogP contribution < -0.4 is 10.2 Å². The lowest BCUT2D eigenvalue weighted by atomic mass is 9.96. The molecule has 1 aliphatic rings. The molecule has 1 N–H and O–H groups in total. The molecule has 1 aromatic carbocycles. The van der Waals surface area contributed by atoms with Crippen molar-refractivity contribution in [3.05, 3.63) is 27.6 Å². The van der Waals surface area contributed by atoms with Crippen molar-refractivity contribution in [1.82, 2.24) is 5.32 Å². The molecule has 148 valence electrons. The Morgan fingerprint density at radius 3 is 2.74 bits per heavy atom. The third kappa shape index (κ3) is 5.53. The second-order valence-corrected chi connectivity index (χ2v) is 7.74. The number of methoxy groups -OCH3 is 1. The first-order chi connectivity index (χ1) is 12.7. The van der Waals surface area contributed by atoms with Crippen LogP contribution in [0.25, 0.3) is 0 Å². The second kappa shape index (κ2) is 9.34. The molecule has 2 rings (SSSR count). The summed E-state index contributed by atoms with van der Waals surface area (Å²) in [5, 5.41) is 2.52. The Bertz CT molecular complexity index is 728. The number of hydrogen-bond acceptors (Lipinski definition) is 5. The molecule has 1 heterocycles. The van der Waals surface area contributed by atoms with Crippen LogP contribution in [0.3, 0.4) is 0 Å². The fraction of sp³-hybridized carbons (Fsp3) is 0.500. The van der Waals surface area contributed by atoms with Gasteiger partial charge in [-0.25, -0.2) is 14.0 Å². The first kappa shape index (κ1) is 21.4. The zero-order valence-corrected chi connectivity index (χ0v) is 17.5. The van der Waals surface area contributed by atoms with E-state index in [-0.39, 0.29) is 24.7 Å². The molecule has 2 amide bonds. The molecule has 7 nitrogen and oxygen atoms in total. The van der Waals surface area contributed by atoms with Crippen molar-refractivity contribution >= 4 is 46.2 Å². The van der Waals surface area contributed by atoms with E-state index in [9.17, 15) is 18.8 Å². The molecule has 0 aromatic heterocycles. The number of rotatable bonds is 7. The molecule has 0 unspecified atom stereocenters. The highest BCUT2D eigenvalue weighted by molar-refractivity contribution is 14.1. The summed E-state index contributed by atoms with van der Waals surface area (Å²) in [7, 11) is 1.23. The van der Waals surface area contributed by atoms with E-state index in [1.165, 1.54) is 18.1 Å². The average Bonchev–Trinajstić information content (AvgIpc) is 3.00. The number of hydrogen-bond donors (Lipinski definition) is 1. The number of cyclic esters (lactones) is 1. The van der Waals surface area contributed by atoms with E-state index in [0.29, 0.717) is 15.7 Å². The summed E-state index contributed by atoms with van der Waals surface area (Å²) in [6.07, 6.45) is -1.25. The largest absolute Gasteiger partial charge is 0.453 e. The first-order valence-corrected chi connectivity index (χ1v) is 9.61. The number of alkyl carbamates (subject to hydrolysis) is 1. The van der Waals surface area contributed by atoms with Crippen molar-refractivity contribution in [2.45, 2.75) is 38.8 Å². The number of carbonyl (C=O) groups excluding carboxylic acids is 3. The normalized spacial score (nSPS) is 17.6. The molecule has 2 atom stereocenters. The van der Waals surface area contributed by atoms with E-state index in [0.717, 1.165) is 0 Å². The molecular formula is C18H22FIN2O5. The van der Waals surface area contributed by atoms with E-state index in [4.69, 9.17) is 4.74 Å². The maximum atomic E-state index is 13.7. The van der Waals surface area contributed by atoms with Crippen molar-refractivity contribution in [2.75, 3.05) is 18.6 Å². The molecule has 0 aliphatic carbocycles. The van der Waals surface area contributed by atoms with Crippen LogP contribution in [0.5, 0.6) is 0 Å². The SMILES string of the molecule is COC(=O)N[C@H](C(=O)CC[C@H]1CN(c2ccc(I)c(F)c2)C(=O)O1)C(C)C. The molecule has 27 heavy (non-hydrogen) atoms. The summed E-state index contributed by atoms with van der Waals surface area (Å²) in [5.74, 6) is -0.674. The number of ether oxygens (including phenoxy) is 2. The Labute approximate surface area is 170 Å². The molecule has 1 saturated heterocycles. The van der Waals surface area contributed by atoms with E-state index >= 15 is 0 Å². The van der Waals surface area contributed by atoms with Crippen LogP contribution in [-0.4, -0.2) is 43.8 Å². The Morgan fingerprint density at radius 2 is 2.15 bits per heavy atom. The molecular weight excluding hydrogens is 470 g/mol. The first-order valence-electron chi connectivity index (χ1n) is 8.53. The smallest absolute Gasteiger partial charge is 0.414 e. The predicted octanol–water partition coefficient (Wildman–Crippen LogP) is 3.49. The van der Waals surface area contributed by atoms with Gasteiger partial charge in [0.2, 0.25) is 0 Å². The van der Waals surface area contributed by atoms with Crippen molar-refractivity contribution < 1.29 is 28.2 Å². The Morgan fingerprint density at radius 1 is 1.44 bits per heavy atom. The van der Waals surface area contributed by atoms with Gasteiger partial charge in [-0.15, -0.1) is 0 Å². The molecule has 0 bridgehead atoms. The molecule has 0 spiro atoms. The maximum absolute atomic E-state index is 13.7. The van der Waals surface area contributed by atoms with Gasteiger partial charge < -0.3 is 14.8 Å². The van der Waals surface area contributed by atoms with Gasteiger partial charge in [0.15, 0.2) is 5.78 Å². The van der Waals surface area contributed by atoms with Gasteiger partial charge in [-0.05, 0) is 53.1 Å². The van der Waals surface area contributed by atoms with Gasteiger partial charge in [-0.2, -0.15) is 0 Å². The predicted molar refractivity (Wildman–Crippen MR) is 105 cm³/mol. The second-order valence-electron chi connectivity index (χ2n) is 6.58. The number of benzene rings is 1. The van der Waals surface area contributed by atoms with Crippen molar-refractivity contribution in [2.24, 2.45) is 5.92 Å². The Kier molecular flexibility index (Phi) is 7.40. The highest BCUT2D eigenvalue weighted by Crippen LogP contribution is 2.26. The topological polar surface area (TPSA) is 84.9 Å². The van der Waals surface area contributed by atoms with Crippen LogP contribution in [0.2, 0.25) is 0 Å². The van der Waals surface area contributed by atoms with Crippen LogP contribution in [0.4, 0.5) is 19.7 Å². The van der Waals surface area contributed by atoms with Crippen LogP contribution in [0, 0.1) is 15.3 Å². The van der Waals surface area contributed by atoms with Gasteiger partial charge in [0.1, 0.15) is 11.9 Å². The number of nitrogens with one attached hydrogen (secondary N) is 1. The van der Waals surface area contributed by atoms with E-state index < -0.39 is 30.1 Å². The molecule has 1 fully saturated rings. The molecule has 0 saturated carbocycles. The fourth-order valence-electron chi connectivity index (χ4n) is 2.80. The van der Waals surface area contributed by atoms with Crippen molar-refractivity contribution in [3.8, 4) is 0 Å². The molecule has 0 radical (unpaired) electrons. The zero-order chi connectivity index (χ0) is 20.1. The summed E-state index contributed by atoms with van der Waals surface area (Å²) in [4.78, 5) is 37.2. The summed E-state index contributed by atoms with van der Waals surface area (Å²) in [6.45, 7) is 3.88. The Hall–Kier alpha value is -1.91. The van der Waals surface area contributed by atoms with E-state index in [1.54, 1.807) is 12.1 Å². The molecule has 9 heteroatoms. The fourth-order valence-corrected chi connectivity index (χ4v) is 3.13. The highest BCUT2D eigenvalue weighted by atomic mass is 127. The Balaban J connectivity index is 1.94. The zero-order valence-electron chi connectivity index (χ0n) is 15.3. The van der Waals surface area contributed by atoms with Gasteiger partial charge in [0.25, 0.3) is 0 Å². The van der Waals surface area contributed by atoms with E-state index in [2.05, 4.69) is 10.1 Å². The van der Waals surface area contributed by atoms with Gasteiger partial charge in [-0.1, -0.05) is 13.8 Å². The average molecular weight is 492 g/mol. The van der Waals surface area contributed by atoms with Gasteiger partial charge >= 0.3 is 12.2 Å². The summed E-state index contributed by atoms with van der Waals surface area (Å²) < 4.78 is 24.0.